The van der Waals surface area contributed by atoms with Crippen LogP contribution in [0.2, 0.25) is 0 Å². The van der Waals surface area contributed by atoms with Crippen LogP contribution in [0.3, 0.4) is 0 Å². The molecule has 0 aliphatic heterocycles. The van der Waals surface area contributed by atoms with Crippen LogP contribution in [0.1, 0.15) is 114 Å². The van der Waals surface area contributed by atoms with Crippen LogP contribution in [-0.4, -0.2) is 34.6 Å². The van der Waals surface area contributed by atoms with Crippen LogP contribution >= 0.6 is 0 Å². The van der Waals surface area contributed by atoms with Gasteiger partial charge in [-0.2, -0.15) is 0 Å². The predicted molar refractivity (Wildman–Crippen MR) is 184 cm³/mol. The maximum absolute atomic E-state index is 10.8. The number of aromatic hydroxyl groups is 2. The van der Waals surface area contributed by atoms with Gasteiger partial charge in [-0.05, 0) is 109 Å². The molecule has 0 fully saturated rings. The van der Waals surface area contributed by atoms with Crippen LogP contribution in [-0.2, 0) is 39.2 Å². The van der Waals surface area contributed by atoms with Gasteiger partial charge in [0.1, 0.15) is 11.5 Å². The third-order valence-corrected chi connectivity index (χ3v) is 6.54. The Morgan fingerprint density at radius 3 is 1.15 bits per heavy atom. The van der Waals surface area contributed by atoms with E-state index in [1.165, 1.54) is 11.1 Å². The number of nitrogens with zero attached hydrogens (tertiary/aromatic N) is 2. The molecule has 0 saturated heterocycles. The third kappa shape index (κ3) is 16.4. The summed E-state index contributed by atoms with van der Waals surface area (Å²) >= 11 is 0. The monoisotopic (exact) mass is 689 g/mol. The summed E-state index contributed by atoms with van der Waals surface area (Å²) in [7, 11) is 0. The fraction of sp³-hybridized carbons (Fsp3) is 0.421. The van der Waals surface area contributed by atoms with Crippen LogP contribution in [0.25, 0.3) is 0 Å². The zero-order valence-electron chi connectivity index (χ0n) is 29.3. The molecule has 3 aromatic rings. The molecular formula is C38H50CoN2O6. The zero-order chi connectivity index (χ0) is 35.1. The Morgan fingerprint density at radius 2 is 0.915 bits per heavy atom. The molecule has 9 heteroatoms. The molecular weight excluding hydrogens is 639 g/mol. The van der Waals surface area contributed by atoms with E-state index >= 15 is 0 Å². The predicted octanol–water partition coefficient (Wildman–Crippen LogP) is 6.75. The maximum atomic E-state index is 10.8. The molecule has 8 nitrogen and oxygen atoms in total. The Hall–Kier alpha value is -3.95. The van der Waals surface area contributed by atoms with Crippen LogP contribution in [0, 0.1) is 11.8 Å². The van der Waals surface area contributed by atoms with Crippen molar-refractivity contribution in [3.05, 3.63) is 81.9 Å². The molecule has 0 saturated carbocycles. The van der Waals surface area contributed by atoms with Gasteiger partial charge in [-0.15, -0.1) is 0 Å². The molecule has 0 bridgehead atoms. The van der Waals surface area contributed by atoms with Crippen LogP contribution < -0.4 is 10.2 Å². The van der Waals surface area contributed by atoms with Crippen LogP contribution in [0.15, 0.2) is 58.5 Å². The fourth-order valence-corrected chi connectivity index (χ4v) is 4.66. The number of carboxylic acids is 2. The van der Waals surface area contributed by atoms with Crippen molar-refractivity contribution < 1.29 is 46.8 Å². The number of rotatable bonds is 10. The van der Waals surface area contributed by atoms with E-state index in [-0.39, 0.29) is 28.6 Å². The second kappa shape index (κ2) is 21.0. The number of hydrogen-bond acceptors (Lipinski definition) is 8. The van der Waals surface area contributed by atoms with Gasteiger partial charge in [0, 0.05) is 35.5 Å². The Balaban J connectivity index is 0.00000211. The molecule has 0 heterocycles. The summed E-state index contributed by atoms with van der Waals surface area (Å²) < 4.78 is 0. The Labute approximate surface area is 290 Å². The molecule has 3 aromatic carbocycles. The van der Waals surface area contributed by atoms with Gasteiger partial charge in [-0.1, -0.05) is 67.5 Å². The minimum absolute atomic E-state index is 0. The van der Waals surface area contributed by atoms with Gasteiger partial charge in [-0.25, -0.2) is 0 Å². The number of carboxylic acid groups (broad SMARTS) is 2. The van der Waals surface area contributed by atoms with E-state index in [1.54, 1.807) is 12.4 Å². The number of carbonyl (C=O) groups is 2. The second-order valence-corrected chi connectivity index (χ2v) is 12.8. The molecule has 3 rings (SSSR count). The van der Waals surface area contributed by atoms with Gasteiger partial charge in [0.05, 0.1) is 11.4 Å². The average Bonchev–Trinajstić information content (AvgIpc) is 2.92. The smallest absolute Gasteiger partial charge is 0.550 e. The number of phenolic OH excluding ortho intramolecular Hbond substituents is 2. The van der Waals surface area contributed by atoms with Crippen molar-refractivity contribution in [3.63, 3.8) is 0 Å². The first kappa shape index (κ1) is 43.0. The molecule has 47 heavy (non-hydrogen) atoms. The Kier molecular flexibility index (Phi) is 19.3. The van der Waals surface area contributed by atoms with E-state index in [2.05, 4.69) is 77.5 Å². The number of aliphatic carboxylic acids is 2. The SMILES string of the molecule is CC(=O)[O-].CC(=O)[O-].CC(C)Cc1cc(C=Nc2ccc(N=Cc3cc(CC(C)C)cc(C(C)C)c3O)cc2)c(O)c(C(C)C)c1.[Co+2]. The summed E-state index contributed by atoms with van der Waals surface area (Å²) in [6.07, 6.45) is 5.41. The first-order valence-electron chi connectivity index (χ1n) is 15.7. The standard InChI is InChI=1S/C34H44N2O2.2C2H4O2.Co/c1-21(2)13-25-15-27(33(37)31(17-25)23(5)6)19-35-29-9-11-30(12-10-29)36-20-28-16-26(14-22(3)4)18-32(24(7)8)34(28)38;2*1-2(3)4;/h9-12,15-24,37-38H,13-14H2,1-8H3;2*1H3,(H,3,4);/q;;;+2/p-2. The molecule has 1 radical (unpaired) electrons. The van der Waals surface area contributed by atoms with E-state index in [1.807, 2.05) is 36.4 Å². The third-order valence-electron chi connectivity index (χ3n) is 6.54. The first-order valence-corrected chi connectivity index (χ1v) is 15.7. The minimum Gasteiger partial charge on any atom is -0.550 e. The number of carbonyl (C=O) groups excluding carboxylic acids is 2. The summed E-state index contributed by atoms with van der Waals surface area (Å²) in [5.41, 5.74) is 7.40. The quantitative estimate of drug-likeness (QED) is 0.225. The Morgan fingerprint density at radius 1 is 0.638 bits per heavy atom. The van der Waals surface area contributed by atoms with E-state index in [9.17, 15) is 10.2 Å². The van der Waals surface area contributed by atoms with E-state index < -0.39 is 11.9 Å². The van der Waals surface area contributed by atoms with Gasteiger partial charge >= 0.3 is 16.8 Å². The van der Waals surface area contributed by atoms with E-state index in [4.69, 9.17) is 19.8 Å². The Bertz CT molecular complexity index is 1370. The normalized spacial score (nSPS) is 11.0. The van der Waals surface area contributed by atoms with Crippen molar-refractivity contribution in [2.75, 3.05) is 0 Å². The van der Waals surface area contributed by atoms with Crippen molar-refractivity contribution in [1.82, 2.24) is 0 Å². The summed E-state index contributed by atoms with van der Waals surface area (Å²) in [5.74, 6) is -0.0273. The molecule has 0 amide bonds. The molecule has 257 valence electrons. The van der Waals surface area contributed by atoms with Gasteiger partial charge < -0.3 is 30.0 Å². The zero-order valence-corrected chi connectivity index (χ0v) is 30.3. The molecule has 0 aromatic heterocycles. The van der Waals surface area contributed by atoms with Crippen molar-refractivity contribution in [2.45, 2.75) is 93.9 Å². The largest absolute Gasteiger partial charge is 2.00 e. The van der Waals surface area contributed by atoms with Crippen molar-refractivity contribution >= 4 is 35.7 Å². The summed E-state index contributed by atoms with van der Waals surface area (Å²) in [6.45, 7) is 19.1. The van der Waals surface area contributed by atoms with Crippen molar-refractivity contribution in [2.24, 2.45) is 21.8 Å². The van der Waals surface area contributed by atoms with Gasteiger partial charge in [0.2, 0.25) is 0 Å². The second-order valence-electron chi connectivity index (χ2n) is 12.8. The topological polar surface area (TPSA) is 145 Å². The minimum atomic E-state index is -1.08. The number of hydrogen-bond donors (Lipinski definition) is 2. The van der Waals surface area contributed by atoms with E-state index in [0.29, 0.717) is 23.3 Å². The molecule has 0 spiro atoms. The number of aliphatic imine (C=N–C) groups is 2. The van der Waals surface area contributed by atoms with Crippen LogP contribution in [0.5, 0.6) is 11.5 Å². The van der Waals surface area contributed by atoms with E-state index in [0.717, 1.165) is 60.3 Å². The van der Waals surface area contributed by atoms with Crippen molar-refractivity contribution in [1.29, 1.82) is 0 Å². The number of phenols is 2. The molecule has 0 aliphatic carbocycles. The van der Waals surface area contributed by atoms with Crippen molar-refractivity contribution in [3.8, 4) is 11.5 Å². The summed E-state index contributed by atoms with van der Waals surface area (Å²) in [4.78, 5) is 27.0. The molecule has 0 atom stereocenters. The summed E-state index contributed by atoms with van der Waals surface area (Å²) in [6, 6.07) is 16.0. The van der Waals surface area contributed by atoms with Gasteiger partial charge in [0.25, 0.3) is 0 Å². The first-order chi connectivity index (χ1) is 21.4. The van der Waals surface area contributed by atoms with Gasteiger partial charge in [0.15, 0.2) is 0 Å². The summed E-state index contributed by atoms with van der Waals surface area (Å²) in [5, 5.41) is 39.4. The average molecular weight is 690 g/mol. The van der Waals surface area contributed by atoms with Gasteiger partial charge in [-0.3, -0.25) is 9.98 Å². The number of benzene rings is 3. The molecule has 2 N–H and O–H groups in total. The molecule has 0 aliphatic rings. The fourth-order valence-electron chi connectivity index (χ4n) is 4.66. The van der Waals surface area contributed by atoms with Crippen LogP contribution in [0.4, 0.5) is 11.4 Å². The maximum Gasteiger partial charge on any atom is 2.00 e. The molecule has 0 unspecified atom stereocenters.